The molecule has 3 aromatic rings. The molecule has 9 nitrogen and oxygen atoms in total. The van der Waals surface area contributed by atoms with Crippen molar-refractivity contribution in [1.82, 2.24) is 18.7 Å². The Kier molecular flexibility index (Phi) is 5.72. The lowest BCUT2D eigenvalue weighted by Gasteiger charge is -2.29. The van der Waals surface area contributed by atoms with Crippen molar-refractivity contribution in [2.75, 3.05) is 24.8 Å². The smallest absolute Gasteiger partial charge is 0.332 e. The maximum absolute atomic E-state index is 13.5. The van der Waals surface area contributed by atoms with Gasteiger partial charge in [0.05, 0.1) is 31.4 Å². The summed E-state index contributed by atoms with van der Waals surface area (Å²) in [4.78, 5) is 31.2. The summed E-state index contributed by atoms with van der Waals surface area (Å²) in [6.07, 6.45) is 0. The first-order chi connectivity index (χ1) is 14.8. The maximum Gasteiger partial charge on any atom is 0.332 e. The molecule has 0 N–H and O–H groups in total. The first-order valence-corrected chi connectivity index (χ1v) is 10.6. The van der Waals surface area contributed by atoms with E-state index in [1.807, 2.05) is 25.3 Å². The molecule has 0 saturated heterocycles. The minimum absolute atomic E-state index is 0.147. The van der Waals surface area contributed by atoms with Gasteiger partial charge in [0.1, 0.15) is 0 Å². The van der Waals surface area contributed by atoms with Crippen molar-refractivity contribution < 1.29 is 4.74 Å². The van der Waals surface area contributed by atoms with Crippen molar-refractivity contribution in [2.45, 2.75) is 33.4 Å². The first-order valence-electron chi connectivity index (χ1n) is 10.2. The molecule has 1 aromatic carbocycles. The van der Waals surface area contributed by atoms with Crippen LogP contribution >= 0.6 is 11.6 Å². The van der Waals surface area contributed by atoms with Gasteiger partial charge >= 0.3 is 5.69 Å². The van der Waals surface area contributed by atoms with Crippen LogP contribution in [-0.2, 0) is 18.3 Å². The van der Waals surface area contributed by atoms with E-state index in [9.17, 15) is 9.59 Å². The zero-order valence-corrected chi connectivity index (χ0v) is 18.8. The molecule has 0 fully saturated rings. The normalized spacial score (nSPS) is 16.0. The molecule has 10 heteroatoms. The van der Waals surface area contributed by atoms with Gasteiger partial charge in [0.2, 0.25) is 5.95 Å². The highest BCUT2D eigenvalue weighted by atomic mass is 35.5. The molecule has 0 radical (unpaired) electrons. The second-order valence-corrected chi connectivity index (χ2v) is 7.99. The number of rotatable bonds is 6. The zero-order chi connectivity index (χ0) is 22.3. The highest BCUT2D eigenvalue weighted by molar-refractivity contribution is 6.30. The molecular weight excluding hydrogens is 420 g/mol. The van der Waals surface area contributed by atoms with Crippen molar-refractivity contribution in [3.63, 3.8) is 0 Å². The van der Waals surface area contributed by atoms with Crippen LogP contribution in [0.2, 0.25) is 5.02 Å². The second kappa shape index (κ2) is 8.32. The van der Waals surface area contributed by atoms with Crippen LogP contribution in [0.25, 0.3) is 11.2 Å². The average molecular weight is 445 g/mol. The summed E-state index contributed by atoms with van der Waals surface area (Å²) in [5, 5.41) is 6.96. The minimum atomic E-state index is -0.422. The molecule has 2 aromatic heterocycles. The number of hydrogen-bond acceptors (Lipinski definition) is 6. The largest absolute Gasteiger partial charge is 0.380 e. The zero-order valence-electron chi connectivity index (χ0n) is 18.0. The number of aryl methyl sites for hydroxylation is 1. The van der Waals surface area contributed by atoms with Crippen LogP contribution in [0.4, 0.5) is 5.95 Å². The number of anilines is 1. The Morgan fingerprint density at radius 2 is 1.90 bits per heavy atom. The molecule has 4 rings (SSSR count). The number of benzene rings is 1. The molecule has 1 aliphatic rings. The average Bonchev–Trinajstić information content (AvgIpc) is 3.16. The Balaban J connectivity index is 1.89. The van der Waals surface area contributed by atoms with E-state index in [0.717, 1.165) is 11.3 Å². The highest BCUT2D eigenvalue weighted by Gasteiger charge is 2.30. The molecular formula is C21H25ClN6O3. The first kappa shape index (κ1) is 21.3. The van der Waals surface area contributed by atoms with Crippen LogP contribution in [0, 0.1) is 0 Å². The Bertz CT molecular complexity index is 1270. The predicted octanol–water partition coefficient (Wildman–Crippen LogP) is 2.39. The van der Waals surface area contributed by atoms with Gasteiger partial charge in [-0.3, -0.25) is 18.5 Å². The molecule has 31 heavy (non-hydrogen) atoms. The van der Waals surface area contributed by atoms with Crippen LogP contribution in [0.1, 0.15) is 32.4 Å². The fraction of sp³-hybridized carbons (Fsp3) is 0.429. The highest BCUT2D eigenvalue weighted by Crippen LogP contribution is 2.29. The Hall–Kier alpha value is -2.91. The molecule has 3 heterocycles. The number of aromatic nitrogens is 4. The van der Waals surface area contributed by atoms with Gasteiger partial charge in [0.15, 0.2) is 11.2 Å². The van der Waals surface area contributed by atoms with Gasteiger partial charge in [-0.15, -0.1) is 0 Å². The lowest BCUT2D eigenvalue weighted by Crippen LogP contribution is -2.40. The van der Waals surface area contributed by atoms with E-state index in [1.165, 1.54) is 9.13 Å². The van der Waals surface area contributed by atoms with E-state index in [2.05, 4.69) is 10.1 Å². The molecule has 0 bridgehead atoms. The summed E-state index contributed by atoms with van der Waals surface area (Å²) >= 11 is 5.96. The Labute approximate surface area is 184 Å². The summed E-state index contributed by atoms with van der Waals surface area (Å²) in [6.45, 7) is 7.54. The van der Waals surface area contributed by atoms with Crippen molar-refractivity contribution in [3.8, 4) is 0 Å². The van der Waals surface area contributed by atoms with Gasteiger partial charge in [-0.2, -0.15) is 10.1 Å². The summed E-state index contributed by atoms with van der Waals surface area (Å²) < 4.78 is 9.99. The third-order valence-electron chi connectivity index (χ3n) is 5.56. The van der Waals surface area contributed by atoms with Gasteiger partial charge in [0.25, 0.3) is 5.56 Å². The third-order valence-corrected chi connectivity index (χ3v) is 5.82. The molecule has 1 atom stereocenters. The van der Waals surface area contributed by atoms with E-state index in [-0.39, 0.29) is 18.1 Å². The maximum atomic E-state index is 13.5. The standard InChI is InChI=1S/C21H25ClN6O3/c1-5-31-11-10-27-20-23-18-17(28(20)14(3)13(2)24-27)19(29)26(21(30)25(18)4)12-15-6-8-16(22)9-7-15/h6-9,14H,5,10-12H2,1-4H3. The number of imidazole rings is 1. The molecule has 164 valence electrons. The Morgan fingerprint density at radius 3 is 2.58 bits per heavy atom. The number of hydrogen-bond donors (Lipinski definition) is 0. The Morgan fingerprint density at radius 1 is 1.19 bits per heavy atom. The van der Waals surface area contributed by atoms with Crippen molar-refractivity contribution in [1.29, 1.82) is 0 Å². The van der Waals surface area contributed by atoms with E-state index < -0.39 is 5.69 Å². The molecule has 1 unspecified atom stereocenters. The van der Waals surface area contributed by atoms with Crippen LogP contribution in [0.3, 0.4) is 0 Å². The van der Waals surface area contributed by atoms with Crippen LogP contribution in [-0.4, -0.2) is 44.2 Å². The quantitative estimate of drug-likeness (QED) is 0.545. The lowest BCUT2D eigenvalue weighted by atomic mass is 10.2. The fourth-order valence-corrected chi connectivity index (χ4v) is 3.87. The molecule has 0 amide bonds. The SMILES string of the molecule is CCOCCN1N=C(C)C(C)n2c1nc1c2c(=O)n(Cc2ccc(Cl)cc2)c(=O)n1C. The molecule has 0 saturated carbocycles. The monoisotopic (exact) mass is 444 g/mol. The summed E-state index contributed by atoms with van der Waals surface area (Å²) in [5.74, 6) is 0.532. The van der Waals surface area contributed by atoms with Crippen molar-refractivity contribution >= 4 is 34.4 Å². The van der Waals surface area contributed by atoms with Gasteiger partial charge < -0.3 is 4.74 Å². The van der Waals surface area contributed by atoms with Crippen LogP contribution < -0.4 is 16.3 Å². The minimum Gasteiger partial charge on any atom is -0.380 e. The lowest BCUT2D eigenvalue weighted by molar-refractivity contribution is 0.153. The number of ether oxygens (including phenoxy) is 1. The molecule has 0 spiro atoms. The fourth-order valence-electron chi connectivity index (χ4n) is 3.74. The van der Waals surface area contributed by atoms with Crippen molar-refractivity contribution in [2.24, 2.45) is 12.1 Å². The number of halogens is 1. The number of nitrogens with zero attached hydrogens (tertiary/aromatic N) is 6. The summed E-state index contributed by atoms with van der Waals surface area (Å²) in [5.41, 5.74) is 1.59. The van der Waals surface area contributed by atoms with Gasteiger partial charge in [-0.05, 0) is 38.5 Å². The number of fused-ring (bicyclic) bond motifs is 3. The van der Waals surface area contributed by atoms with Crippen molar-refractivity contribution in [3.05, 3.63) is 55.7 Å². The molecule has 1 aliphatic heterocycles. The third kappa shape index (κ3) is 3.68. The van der Waals surface area contributed by atoms with Gasteiger partial charge in [-0.25, -0.2) is 9.80 Å². The second-order valence-electron chi connectivity index (χ2n) is 7.55. The topological polar surface area (TPSA) is 86.7 Å². The van der Waals surface area contributed by atoms with Crippen LogP contribution in [0.5, 0.6) is 0 Å². The van der Waals surface area contributed by atoms with E-state index >= 15 is 0 Å². The summed E-state index contributed by atoms with van der Waals surface area (Å²) in [7, 11) is 1.63. The van der Waals surface area contributed by atoms with Crippen LogP contribution in [0.15, 0.2) is 39.0 Å². The predicted molar refractivity (Wildman–Crippen MR) is 121 cm³/mol. The van der Waals surface area contributed by atoms with E-state index in [4.69, 9.17) is 16.3 Å². The molecule has 0 aliphatic carbocycles. The number of hydrazone groups is 1. The summed E-state index contributed by atoms with van der Waals surface area (Å²) in [6, 6.07) is 6.92. The van der Waals surface area contributed by atoms with E-state index in [0.29, 0.717) is 41.9 Å². The van der Waals surface area contributed by atoms with Gasteiger partial charge in [-0.1, -0.05) is 23.7 Å². The van der Waals surface area contributed by atoms with Gasteiger partial charge in [0, 0.05) is 18.7 Å². The van der Waals surface area contributed by atoms with E-state index in [1.54, 1.807) is 36.3 Å².